The van der Waals surface area contributed by atoms with Crippen LogP contribution < -0.4 is 0 Å². The predicted molar refractivity (Wildman–Crippen MR) is 55.0 cm³/mol. The lowest BCUT2D eigenvalue weighted by molar-refractivity contribution is -0.120. The molecule has 3 heteroatoms. The van der Waals surface area contributed by atoms with Crippen LogP contribution in [0.2, 0.25) is 0 Å². The van der Waals surface area contributed by atoms with E-state index in [1.807, 2.05) is 39.1 Å². The van der Waals surface area contributed by atoms with Gasteiger partial charge in [-0.15, -0.1) is 0 Å². The Kier molecular flexibility index (Phi) is 3.61. The van der Waals surface area contributed by atoms with Gasteiger partial charge >= 0.3 is 0 Å². The molecule has 0 aliphatic rings. The fraction of sp³-hybridized carbons (Fsp3) is 0.545. The van der Waals surface area contributed by atoms with Gasteiger partial charge in [0.15, 0.2) is 0 Å². The maximum atomic E-state index is 5.52. The number of rotatable bonds is 4. The SMILES string of the molecule is COCOC(C)(C)c1ccc(C)cn1. The molecule has 1 aromatic rings. The molecule has 0 amide bonds. The standard InChI is InChI=1S/C11H17NO2/c1-9-5-6-10(12-7-9)11(2,3)14-8-13-4/h5-7H,8H2,1-4H3. The first-order chi connectivity index (χ1) is 6.56. The first-order valence-corrected chi connectivity index (χ1v) is 4.62. The van der Waals surface area contributed by atoms with E-state index >= 15 is 0 Å². The van der Waals surface area contributed by atoms with Gasteiger partial charge in [-0.1, -0.05) is 6.07 Å². The van der Waals surface area contributed by atoms with E-state index in [9.17, 15) is 0 Å². The molecule has 0 saturated heterocycles. The summed E-state index contributed by atoms with van der Waals surface area (Å²) in [4.78, 5) is 4.32. The molecule has 0 aliphatic carbocycles. The van der Waals surface area contributed by atoms with Gasteiger partial charge in [0, 0.05) is 13.3 Å². The van der Waals surface area contributed by atoms with Crippen LogP contribution in [0, 0.1) is 6.92 Å². The Morgan fingerprint density at radius 1 is 1.36 bits per heavy atom. The van der Waals surface area contributed by atoms with Crippen molar-refractivity contribution < 1.29 is 9.47 Å². The quantitative estimate of drug-likeness (QED) is 0.690. The summed E-state index contributed by atoms with van der Waals surface area (Å²) in [5.41, 5.74) is 1.67. The third-order valence-corrected chi connectivity index (χ3v) is 2.07. The first kappa shape index (κ1) is 11.1. The summed E-state index contributed by atoms with van der Waals surface area (Å²) < 4.78 is 10.4. The number of methoxy groups -OCH3 is 1. The summed E-state index contributed by atoms with van der Waals surface area (Å²) in [7, 11) is 1.61. The Balaban J connectivity index is 2.75. The number of hydrogen-bond donors (Lipinski definition) is 0. The molecule has 1 rings (SSSR count). The third-order valence-electron chi connectivity index (χ3n) is 2.07. The molecule has 0 aliphatic heterocycles. The lowest BCUT2D eigenvalue weighted by atomic mass is 10.0. The molecule has 3 nitrogen and oxygen atoms in total. The third kappa shape index (κ3) is 2.79. The Bertz CT molecular complexity index is 280. The number of nitrogens with zero attached hydrogens (tertiary/aromatic N) is 1. The van der Waals surface area contributed by atoms with Gasteiger partial charge in [-0.05, 0) is 32.4 Å². The van der Waals surface area contributed by atoms with Crippen molar-refractivity contribution in [2.45, 2.75) is 26.4 Å². The fourth-order valence-electron chi connectivity index (χ4n) is 1.10. The molecular formula is C11H17NO2. The number of ether oxygens (including phenoxy) is 2. The minimum absolute atomic E-state index is 0.280. The molecule has 14 heavy (non-hydrogen) atoms. The van der Waals surface area contributed by atoms with E-state index in [-0.39, 0.29) is 6.79 Å². The van der Waals surface area contributed by atoms with Crippen molar-refractivity contribution in [1.29, 1.82) is 0 Å². The van der Waals surface area contributed by atoms with E-state index in [2.05, 4.69) is 4.98 Å². The molecule has 1 heterocycles. The van der Waals surface area contributed by atoms with E-state index < -0.39 is 5.60 Å². The summed E-state index contributed by atoms with van der Waals surface area (Å²) in [5.74, 6) is 0. The molecule has 0 radical (unpaired) electrons. The normalized spacial score (nSPS) is 11.7. The number of hydrogen-bond acceptors (Lipinski definition) is 3. The van der Waals surface area contributed by atoms with E-state index in [1.54, 1.807) is 7.11 Å². The summed E-state index contributed by atoms with van der Waals surface area (Å²) in [6, 6.07) is 4.01. The van der Waals surface area contributed by atoms with E-state index in [0.29, 0.717) is 0 Å². The van der Waals surface area contributed by atoms with Crippen LogP contribution in [0.3, 0.4) is 0 Å². The molecule has 0 saturated carbocycles. The smallest absolute Gasteiger partial charge is 0.147 e. The van der Waals surface area contributed by atoms with Gasteiger partial charge in [-0.3, -0.25) is 4.98 Å². The average Bonchev–Trinajstić information content (AvgIpc) is 2.16. The Morgan fingerprint density at radius 2 is 2.07 bits per heavy atom. The van der Waals surface area contributed by atoms with Crippen molar-refractivity contribution in [3.05, 3.63) is 29.6 Å². The van der Waals surface area contributed by atoms with Crippen LogP contribution >= 0.6 is 0 Å². The van der Waals surface area contributed by atoms with Gasteiger partial charge in [0.25, 0.3) is 0 Å². The maximum Gasteiger partial charge on any atom is 0.147 e. The van der Waals surface area contributed by atoms with Crippen LogP contribution in [-0.2, 0) is 15.1 Å². The van der Waals surface area contributed by atoms with Crippen LogP contribution in [0.4, 0.5) is 0 Å². The average molecular weight is 195 g/mol. The van der Waals surface area contributed by atoms with Crippen LogP contribution in [0.15, 0.2) is 18.3 Å². The predicted octanol–water partition coefficient (Wildman–Crippen LogP) is 2.25. The van der Waals surface area contributed by atoms with E-state index in [1.165, 1.54) is 0 Å². The maximum absolute atomic E-state index is 5.52. The van der Waals surface area contributed by atoms with Crippen molar-refractivity contribution in [1.82, 2.24) is 4.98 Å². The van der Waals surface area contributed by atoms with Crippen molar-refractivity contribution >= 4 is 0 Å². The number of pyridine rings is 1. The monoisotopic (exact) mass is 195 g/mol. The lowest BCUT2D eigenvalue weighted by Gasteiger charge is -2.24. The van der Waals surface area contributed by atoms with Crippen LogP contribution in [0.1, 0.15) is 25.1 Å². The van der Waals surface area contributed by atoms with Crippen molar-refractivity contribution in [2.75, 3.05) is 13.9 Å². The minimum atomic E-state index is -0.399. The Labute approximate surface area is 85.1 Å². The number of aryl methyl sites for hydroxylation is 1. The van der Waals surface area contributed by atoms with Crippen molar-refractivity contribution in [3.8, 4) is 0 Å². The fourth-order valence-corrected chi connectivity index (χ4v) is 1.10. The van der Waals surface area contributed by atoms with E-state index in [4.69, 9.17) is 9.47 Å². The second kappa shape index (κ2) is 4.53. The van der Waals surface area contributed by atoms with Gasteiger partial charge in [-0.25, -0.2) is 0 Å². The summed E-state index contributed by atoms with van der Waals surface area (Å²) in [6.45, 7) is 6.25. The zero-order valence-electron chi connectivity index (χ0n) is 9.20. The highest BCUT2D eigenvalue weighted by Crippen LogP contribution is 2.22. The van der Waals surface area contributed by atoms with E-state index in [0.717, 1.165) is 11.3 Å². The minimum Gasteiger partial charge on any atom is -0.359 e. The van der Waals surface area contributed by atoms with Crippen LogP contribution in [0.5, 0.6) is 0 Å². The summed E-state index contributed by atoms with van der Waals surface area (Å²) in [6.07, 6.45) is 1.84. The zero-order valence-corrected chi connectivity index (χ0v) is 9.20. The van der Waals surface area contributed by atoms with Crippen LogP contribution in [0.25, 0.3) is 0 Å². The molecule has 1 aromatic heterocycles. The highest BCUT2D eigenvalue weighted by atomic mass is 16.7. The Hall–Kier alpha value is -0.930. The summed E-state index contributed by atoms with van der Waals surface area (Å²) in [5, 5.41) is 0. The topological polar surface area (TPSA) is 31.4 Å². The lowest BCUT2D eigenvalue weighted by Crippen LogP contribution is -2.24. The van der Waals surface area contributed by atoms with Crippen molar-refractivity contribution in [2.24, 2.45) is 0 Å². The highest BCUT2D eigenvalue weighted by molar-refractivity contribution is 5.16. The first-order valence-electron chi connectivity index (χ1n) is 4.62. The highest BCUT2D eigenvalue weighted by Gasteiger charge is 2.22. The molecule has 78 valence electrons. The molecule has 0 aromatic carbocycles. The zero-order chi connectivity index (χ0) is 10.6. The van der Waals surface area contributed by atoms with Crippen LogP contribution in [-0.4, -0.2) is 18.9 Å². The largest absolute Gasteiger partial charge is 0.359 e. The van der Waals surface area contributed by atoms with Gasteiger partial charge in [0.05, 0.1) is 5.69 Å². The van der Waals surface area contributed by atoms with Gasteiger partial charge in [0.2, 0.25) is 0 Å². The second-order valence-electron chi connectivity index (χ2n) is 3.78. The molecule has 0 N–H and O–H groups in total. The summed E-state index contributed by atoms with van der Waals surface area (Å²) >= 11 is 0. The second-order valence-corrected chi connectivity index (χ2v) is 3.78. The molecule has 0 atom stereocenters. The Morgan fingerprint density at radius 3 is 2.57 bits per heavy atom. The molecular weight excluding hydrogens is 178 g/mol. The van der Waals surface area contributed by atoms with Crippen molar-refractivity contribution in [3.63, 3.8) is 0 Å². The molecule has 0 bridgehead atoms. The van der Waals surface area contributed by atoms with Gasteiger partial charge < -0.3 is 9.47 Å². The molecule has 0 unspecified atom stereocenters. The van der Waals surface area contributed by atoms with Gasteiger partial charge in [-0.2, -0.15) is 0 Å². The number of aromatic nitrogens is 1. The van der Waals surface area contributed by atoms with Gasteiger partial charge in [0.1, 0.15) is 12.4 Å². The molecule has 0 spiro atoms. The molecule has 0 fully saturated rings.